The molecule has 15 heavy (non-hydrogen) atoms. The van der Waals surface area contributed by atoms with Crippen molar-refractivity contribution in [2.75, 3.05) is 7.05 Å². The van der Waals surface area contributed by atoms with Crippen LogP contribution in [0.2, 0.25) is 0 Å². The number of hydrogen-bond donors (Lipinski definition) is 1. The average molecular weight is 304 g/mol. The summed E-state index contributed by atoms with van der Waals surface area (Å²) < 4.78 is 1.09. The number of rotatable bonds is 3. The molecule has 80 valence electrons. The Morgan fingerprint density at radius 3 is 2.87 bits per heavy atom. The molecule has 0 amide bonds. The summed E-state index contributed by atoms with van der Waals surface area (Å²) in [6.45, 7) is 2.08. The van der Waals surface area contributed by atoms with Gasteiger partial charge >= 0.3 is 0 Å². The van der Waals surface area contributed by atoms with Crippen LogP contribution >= 0.6 is 38.6 Å². The van der Waals surface area contributed by atoms with Gasteiger partial charge in [0, 0.05) is 4.47 Å². The van der Waals surface area contributed by atoms with Gasteiger partial charge in [0.05, 0.1) is 10.9 Å². The minimum atomic E-state index is 0.259. The number of nitrogens with zero attached hydrogens (tertiary/aromatic N) is 2. The van der Waals surface area contributed by atoms with E-state index in [2.05, 4.69) is 38.4 Å². The molecule has 6 heteroatoms. The van der Waals surface area contributed by atoms with Crippen LogP contribution in [0.4, 0.5) is 0 Å². The minimum Gasteiger partial charge on any atom is -0.311 e. The highest BCUT2D eigenvalue weighted by atomic mass is 79.9. The lowest BCUT2D eigenvalue weighted by atomic mass is 10.4. The van der Waals surface area contributed by atoms with E-state index in [1.807, 2.05) is 18.5 Å². The Hall–Kier alpha value is -0.300. The molecule has 2 aromatic rings. The van der Waals surface area contributed by atoms with E-state index in [4.69, 9.17) is 0 Å². The van der Waals surface area contributed by atoms with Crippen molar-refractivity contribution in [1.82, 2.24) is 15.5 Å². The predicted octanol–water partition coefficient (Wildman–Crippen LogP) is 3.31. The van der Waals surface area contributed by atoms with E-state index in [0.717, 1.165) is 19.4 Å². The van der Waals surface area contributed by atoms with Crippen LogP contribution in [0.25, 0.3) is 9.88 Å². The maximum atomic E-state index is 4.20. The summed E-state index contributed by atoms with van der Waals surface area (Å²) >= 11 is 6.81. The standard InChI is InChI=1S/C9H10BrN3S2/c1-5(11-2)8-12-13-9(15-8)7-6(10)3-4-14-7/h3-5,11H,1-2H3. The van der Waals surface area contributed by atoms with E-state index in [9.17, 15) is 0 Å². The van der Waals surface area contributed by atoms with Crippen LogP contribution in [0.1, 0.15) is 18.0 Å². The molecule has 3 nitrogen and oxygen atoms in total. The molecule has 0 aliphatic carbocycles. The highest BCUT2D eigenvalue weighted by molar-refractivity contribution is 9.10. The van der Waals surface area contributed by atoms with Gasteiger partial charge in [0.2, 0.25) is 0 Å². The largest absolute Gasteiger partial charge is 0.311 e. The molecule has 1 atom stereocenters. The van der Waals surface area contributed by atoms with Gasteiger partial charge in [-0.3, -0.25) is 0 Å². The molecule has 0 saturated carbocycles. The van der Waals surface area contributed by atoms with Crippen molar-refractivity contribution in [2.24, 2.45) is 0 Å². The molecule has 0 spiro atoms. The molecule has 0 aliphatic heterocycles. The fourth-order valence-corrected chi connectivity index (χ4v) is 3.77. The lowest BCUT2D eigenvalue weighted by molar-refractivity contribution is 0.640. The summed E-state index contributed by atoms with van der Waals surface area (Å²) in [4.78, 5) is 1.15. The fourth-order valence-electron chi connectivity index (χ4n) is 1.07. The Balaban J connectivity index is 2.32. The van der Waals surface area contributed by atoms with E-state index in [0.29, 0.717) is 0 Å². The average Bonchev–Trinajstić information content (AvgIpc) is 2.84. The second kappa shape index (κ2) is 4.69. The van der Waals surface area contributed by atoms with Gasteiger partial charge in [0.25, 0.3) is 0 Å². The van der Waals surface area contributed by atoms with Crippen LogP contribution in [0.15, 0.2) is 15.9 Å². The summed E-state index contributed by atoms with van der Waals surface area (Å²) in [5, 5.41) is 15.6. The van der Waals surface area contributed by atoms with Gasteiger partial charge in [-0.25, -0.2) is 0 Å². The van der Waals surface area contributed by atoms with E-state index >= 15 is 0 Å². The van der Waals surface area contributed by atoms with Crippen LogP contribution in [-0.2, 0) is 0 Å². The van der Waals surface area contributed by atoms with Crippen LogP contribution in [0.5, 0.6) is 0 Å². The zero-order chi connectivity index (χ0) is 10.8. The molecule has 2 heterocycles. The molecule has 1 unspecified atom stereocenters. The fraction of sp³-hybridized carbons (Fsp3) is 0.333. The highest BCUT2D eigenvalue weighted by Gasteiger charge is 2.13. The second-order valence-electron chi connectivity index (χ2n) is 3.05. The van der Waals surface area contributed by atoms with Crippen molar-refractivity contribution >= 4 is 38.6 Å². The number of nitrogens with one attached hydrogen (secondary N) is 1. The van der Waals surface area contributed by atoms with Crippen LogP contribution in [-0.4, -0.2) is 17.2 Å². The van der Waals surface area contributed by atoms with Crippen molar-refractivity contribution in [3.05, 3.63) is 20.9 Å². The first-order valence-corrected chi connectivity index (χ1v) is 6.95. The first-order chi connectivity index (χ1) is 7.22. The molecule has 0 saturated heterocycles. The Morgan fingerprint density at radius 2 is 2.27 bits per heavy atom. The van der Waals surface area contributed by atoms with Gasteiger partial charge in [-0.15, -0.1) is 21.5 Å². The molecule has 0 aliphatic rings. The van der Waals surface area contributed by atoms with Crippen LogP contribution in [0, 0.1) is 0 Å². The number of aromatic nitrogens is 2. The summed E-state index contributed by atoms with van der Waals surface area (Å²) in [7, 11) is 1.92. The van der Waals surface area contributed by atoms with Gasteiger partial charge in [-0.05, 0) is 41.3 Å². The summed E-state index contributed by atoms with van der Waals surface area (Å²) in [5.41, 5.74) is 0. The predicted molar refractivity (Wildman–Crippen MR) is 68.4 cm³/mol. The van der Waals surface area contributed by atoms with E-state index in [1.165, 1.54) is 0 Å². The maximum Gasteiger partial charge on any atom is 0.159 e. The third-order valence-electron chi connectivity index (χ3n) is 2.06. The SMILES string of the molecule is CNC(C)c1nnc(-c2sccc2Br)s1. The van der Waals surface area contributed by atoms with Gasteiger partial charge in [-0.1, -0.05) is 11.3 Å². The minimum absolute atomic E-state index is 0.259. The molecule has 1 N–H and O–H groups in total. The molecule has 0 aromatic carbocycles. The first-order valence-electron chi connectivity index (χ1n) is 4.46. The zero-order valence-corrected chi connectivity index (χ0v) is 11.5. The second-order valence-corrected chi connectivity index (χ2v) is 5.83. The number of thiophene rings is 1. The molecule has 0 bridgehead atoms. The normalized spacial score (nSPS) is 13.0. The Kier molecular flexibility index (Phi) is 3.50. The van der Waals surface area contributed by atoms with Crippen molar-refractivity contribution < 1.29 is 0 Å². The van der Waals surface area contributed by atoms with Gasteiger partial charge < -0.3 is 5.32 Å². The van der Waals surface area contributed by atoms with E-state index in [1.54, 1.807) is 22.7 Å². The molecule has 2 aromatic heterocycles. The van der Waals surface area contributed by atoms with Gasteiger partial charge in [0.15, 0.2) is 5.01 Å². The lowest BCUT2D eigenvalue weighted by Gasteiger charge is -2.02. The monoisotopic (exact) mass is 303 g/mol. The summed E-state index contributed by atoms with van der Waals surface area (Å²) in [6.07, 6.45) is 0. The van der Waals surface area contributed by atoms with E-state index < -0.39 is 0 Å². The maximum absolute atomic E-state index is 4.20. The van der Waals surface area contributed by atoms with Crippen LogP contribution < -0.4 is 5.32 Å². The number of hydrogen-bond acceptors (Lipinski definition) is 5. The molecule has 0 fully saturated rings. The lowest BCUT2D eigenvalue weighted by Crippen LogP contribution is -2.11. The summed E-state index contributed by atoms with van der Waals surface area (Å²) in [5.74, 6) is 0. The molecule has 2 rings (SSSR count). The molecular weight excluding hydrogens is 294 g/mol. The van der Waals surface area contributed by atoms with Crippen LogP contribution in [0.3, 0.4) is 0 Å². The van der Waals surface area contributed by atoms with E-state index in [-0.39, 0.29) is 6.04 Å². The molecule has 0 radical (unpaired) electrons. The Bertz CT molecular complexity index is 452. The smallest absolute Gasteiger partial charge is 0.159 e. The number of halogens is 1. The topological polar surface area (TPSA) is 37.8 Å². The first kappa shape index (κ1) is 11.2. The Morgan fingerprint density at radius 1 is 1.47 bits per heavy atom. The highest BCUT2D eigenvalue weighted by Crippen LogP contribution is 2.36. The third-order valence-corrected chi connectivity index (χ3v) is 5.15. The quantitative estimate of drug-likeness (QED) is 0.945. The van der Waals surface area contributed by atoms with Crippen molar-refractivity contribution in [3.63, 3.8) is 0 Å². The molecular formula is C9H10BrN3S2. The third kappa shape index (κ3) is 2.28. The Labute approximate surface area is 105 Å². The zero-order valence-electron chi connectivity index (χ0n) is 8.32. The summed E-state index contributed by atoms with van der Waals surface area (Å²) in [6, 6.07) is 2.29. The van der Waals surface area contributed by atoms with Crippen molar-refractivity contribution in [2.45, 2.75) is 13.0 Å². The van der Waals surface area contributed by atoms with Gasteiger partial charge in [-0.2, -0.15) is 0 Å². The van der Waals surface area contributed by atoms with Gasteiger partial charge in [0.1, 0.15) is 5.01 Å². The van der Waals surface area contributed by atoms with Crippen molar-refractivity contribution in [1.29, 1.82) is 0 Å². The van der Waals surface area contributed by atoms with Crippen molar-refractivity contribution in [3.8, 4) is 9.88 Å².